The molecule has 1 aliphatic rings. The molecule has 0 aromatic heterocycles. The van der Waals surface area contributed by atoms with Gasteiger partial charge in [-0.15, -0.1) is 0 Å². The molecule has 0 amide bonds. The van der Waals surface area contributed by atoms with Crippen molar-refractivity contribution in [1.29, 1.82) is 0 Å². The van der Waals surface area contributed by atoms with E-state index in [4.69, 9.17) is 5.73 Å². The molecule has 2 heteroatoms. The highest BCUT2D eigenvalue weighted by atomic mass is 15.1. The lowest BCUT2D eigenvalue weighted by molar-refractivity contribution is 0.200. The Bertz CT molecular complexity index is 139. The Morgan fingerprint density at radius 2 is 1.85 bits per heavy atom. The van der Waals surface area contributed by atoms with Crippen LogP contribution in [-0.2, 0) is 0 Å². The summed E-state index contributed by atoms with van der Waals surface area (Å²) in [5.41, 5.74) is 5.87. The summed E-state index contributed by atoms with van der Waals surface area (Å²) >= 11 is 0. The number of hydrogen-bond acceptors (Lipinski definition) is 2. The van der Waals surface area contributed by atoms with Crippen LogP contribution in [0.4, 0.5) is 0 Å². The van der Waals surface area contributed by atoms with Crippen molar-refractivity contribution in [3.8, 4) is 0 Å². The third kappa shape index (κ3) is 3.28. The maximum Gasteiger partial charge on any atom is 0.0213 e. The molecule has 2 nitrogen and oxygen atoms in total. The Morgan fingerprint density at radius 3 is 2.31 bits per heavy atom. The number of nitrogens with two attached hydrogens (primary N) is 1. The second kappa shape index (κ2) is 4.97. The van der Waals surface area contributed by atoms with Crippen molar-refractivity contribution in [2.24, 2.45) is 11.7 Å². The summed E-state index contributed by atoms with van der Waals surface area (Å²) in [7, 11) is 2.20. The molecule has 2 unspecified atom stereocenters. The summed E-state index contributed by atoms with van der Waals surface area (Å²) < 4.78 is 0. The van der Waals surface area contributed by atoms with E-state index >= 15 is 0 Å². The van der Waals surface area contributed by atoms with E-state index in [0.717, 1.165) is 5.92 Å². The van der Waals surface area contributed by atoms with Crippen LogP contribution >= 0.6 is 0 Å². The molecule has 0 spiro atoms. The average Bonchev–Trinajstić information content (AvgIpc) is 2.55. The lowest BCUT2D eigenvalue weighted by Crippen LogP contribution is -2.43. The summed E-state index contributed by atoms with van der Waals surface area (Å²) in [6, 6.07) is 0.798. The monoisotopic (exact) mass is 184 g/mol. The van der Waals surface area contributed by atoms with Gasteiger partial charge in [-0.25, -0.2) is 0 Å². The van der Waals surface area contributed by atoms with Crippen molar-refractivity contribution < 1.29 is 0 Å². The zero-order chi connectivity index (χ0) is 9.84. The van der Waals surface area contributed by atoms with Gasteiger partial charge >= 0.3 is 0 Å². The Morgan fingerprint density at radius 1 is 1.31 bits per heavy atom. The van der Waals surface area contributed by atoms with Crippen LogP contribution in [-0.4, -0.2) is 30.6 Å². The van der Waals surface area contributed by atoms with Crippen LogP contribution in [0.2, 0.25) is 0 Å². The predicted octanol–water partition coefficient (Wildman–Crippen LogP) is 1.84. The van der Waals surface area contributed by atoms with E-state index in [0.29, 0.717) is 6.04 Å². The first-order valence-electron chi connectivity index (χ1n) is 5.57. The van der Waals surface area contributed by atoms with Gasteiger partial charge in [0.1, 0.15) is 0 Å². The summed E-state index contributed by atoms with van der Waals surface area (Å²) in [6.07, 6.45) is 5.72. The van der Waals surface area contributed by atoms with Gasteiger partial charge in [-0.05, 0) is 39.7 Å². The topological polar surface area (TPSA) is 29.3 Å². The van der Waals surface area contributed by atoms with E-state index < -0.39 is 0 Å². The second-order valence-electron chi connectivity index (χ2n) is 4.69. The Balaban J connectivity index is 2.26. The molecule has 0 aromatic carbocycles. The molecule has 78 valence electrons. The first-order chi connectivity index (χ1) is 6.11. The molecule has 1 saturated carbocycles. The van der Waals surface area contributed by atoms with Gasteiger partial charge in [-0.3, -0.25) is 0 Å². The van der Waals surface area contributed by atoms with Gasteiger partial charge in [-0.2, -0.15) is 0 Å². The lowest BCUT2D eigenvalue weighted by Gasteiger charge is -2.29. The highest BCUT2D eigenvalue weighted by molar-refractivity contribution is 4.76. The molecule has 1 aliphatic carbocycles. The van der Waals surface area contributed by atoms with Gasteiger partial charge in [0.15, 0.2) is 0 Å². The highest BCUT2D eigenvalue weighted by Crippen LogP contribution is 2.25. The SMILES string of the molecule is CC(N)C(C)N(C)CC1CCCC1. The second-order valence-corrected chi connectivity index (χ2v) is 4.69. The van der Waals surface area contributed by atoms with Crippen molar-refractivity contribution in [3.63, 3.8) is 0 Å². The minimum absolute atomic E-state index is 0.284. The molecule has 0 radical (unpaired) electrons. The van der Waals surface area contributed by atoms with E-state index in [9.17, 15) is 0 Å². The number of likely N-dealkylation sites (N-methyl/N-ethyl adjacent to an activating group) is 1. The molecule has 13 heavy (non-hydrogen) atoms. The molecular weight excluding hydrogens is 160 g/mol. The van der Waals surface area contributed by atoms with Crippen molar-refractivity contribution >= 4 is 0 Å². The van der Waals surface area contributed by atoms with Crippen LogP contribution in [0.3, 0.4) is 0 Å². The average molecular weight is 184 g/mol. The molecule has 0 aliphatic heterocycles. The summed E-state index contributed by atoms with van der Waals surface area (Å²) in [6.45, 7) is 5.55. The van der Waals surface area contributed by atoms with Gasteiger partial charge in [0.2, 0.25) is 0 Å². The third-order valence-electron chi connectivity index (χ3n) is 3.48. The molecule has 0 bridgehead atoms. The van der Waals surface area contributed by atoms with Crippen molar-refractivity contribution in [2.75, 3.05) is 13.6 Å². The van der Waals surface area contributed by atoms with Gasteiger partial charge in [0.05, 0.1) is 0 Å². The summed E-state index contributed by atoms with van der Waals surface area (Å²) in [4.78, 5) is 2.42. The van der Waals surface area contributed by atoms with E-state index in [1.165, 1.54) is 32.2 Å². The van der Waals surface area contributed by atoms with Crippen LogP contribution in [0.25, 0.3) is 0 Å². The fourth-order valence-corrected chi connectivity index (χ4v) is 2.17. The summed E-state index contributed by atoms with van der Waals surface area (Å²) in [5, 5.41) is 0. The normalized spacial score (nSPS) is 23.8. The fourth-order valence-electron chi connectivity index (χ4n) is 2.17. The molecule has 1 rings (SSSR count). The largest absolute Gasteiger partial charge is 0.327 e. The van der Waals surface area contributed by atoms with E-state index in [-0.39, 0.29) is 6.04 Å². The van der Waals surface area contributed by atoms with E-state index in [1.807, 2.05) is 0 Å². The maximum atomic E-state index is 5.87. The van der Waals surface area contributed by atoms with Crippen LogP contribution in [0.5, 0.6) is 0 Å². The minimum atomic E-state index is 0.284. The fraction of sp³-hybridized carbons (Fsp3) is 1.00. The van der Waals surface area contributed by atoms with Gasteiger partial charge in [-0.1, -0.05) is 12.8 Å². The summed E-state index contributed by atoms with van der Waals surface area (Å²) in [5.74, 6) is 0.936. The molecule has 0 saturated heterocycles. The van der Waals surface area contributed by atoms with Crippen molar-refractivity contribution in [1.82, 2.24) is 4.90 Å². The van der Waals surface area contributed by atoms with Crippen molar-refractivity contribution in [3.05, 3.63) is 0 Å². The Kier molecular flexibility index (Phi) is 4.20. The lowest BCUT2D eigenvalue weighted by atomic mass is 10.1. The Hall–Kier alpha value is -0.0800. The molecule has 2 atom stereocenters. The quantitative estimate of drug-likeness (QED) is 0.722. The molecule has 2 N–H and O–H groups in total. The van der Waals surface area contributed by atoms with E-state index in [1.54, 1.807) is 0 Å². The molecule has 1 fully saturated rings. The first-order valence-corrected chi connectivity index (χ1v) is 5.57. The maximum absolute atomic E-state index is 5.87. The number of nitrogens with zero attached hydrogens (tertiary/aromatic N) is 1. The predicted molar refractivity (Wildman–Crippen MR) is 57.7 cm³/mol. The zero-order valence-electron chi connectivity index (χ0n) is 9.29. The first kappa shape index (κ1) is 11.0. The Labute approximate surface area is 82.5 Å². The molecule has 0 aromatic rings. The van der Waals surface area contributed by atoms with Gasteiger partial charge in [0, 0.05) is 18.6 Å². The van der Waals surface area contributed by atoms with E-state index in [2.05, 4.69) is 25.8 Å². The van der Waals surface area contributed by atoms with Crippen molar-refractivity contribution in [2.45, 2.75) is 51.6 Å². The van der Waals surface area contributed by atoms with Gasteiger partial charge in [0.25, 0.3) is 0 Å². The number of rotatable bonds is 4. The zero-order valence-corrected chi connectivity index (χ0v) is 9.29. The number of hydrogen-bond donors (Lipinski definition) is 1. The minimum Gasteiger partial charge on any atom is -0.327 e. The molecule has 0 heterocycles. The molecular formula is C11H24N2. The van der Waals surface area contributed by atoms with Gasteiger partial charge < -0.3 is 10.6 Å². The highest BCUT2D eigenvalue weighted by Gasteiger charge is 2.20. The smallest absolute Gasteiger partial charge is 0.0213 e. The van der Waals surface area contributed by atoms with Crippen LogP contribution in [0.1, 0.15) is 39.5 Å². The standard InChI is InChI=1S/C11H24N2/c1-9(12)10(2)13(3)8-11-6-4-5-7-11/h9-11H,4-8,12H2,1-3H3. The third-order valence-corrected chi connectivity index (χ3v) is 3.48. The van der Waals surface area contributed by atoms with Crippen LogP contribution in [0, 0.1) is 5.92 Å². The van der Waals surface area contributed by atoms with Crippen LogP contribution < -0.4 is 5.73 Å². The van der Waals surface area contributed by atoms with Crippen LogP contribution in [0.15, 0.2) is 0 Å².